The second-order valence-corrected chi connectivity index (χ2v) is 9.68. The van der Waals surface area contributed by atoms with E-state index in [2.05, 4.69) is 21.8 Å². The molecular formula is C20H25ClN8OS. The zero-order valence-electron chi connectivity index (χ0n) is 17.2. The van der Waals surface area contributed by atoms with Gasteiger partial charge in [-0.15, -0.1) is 0 Å². The lowest BCUT2D eigenvalue weighted by Gasteiger charge is -2.41. The fourth-order valence-corrected chi connectivity index (χ4v) is 5.70. The molecule has 5 heterocycles. The predicted octanol–water partition coefficient (Wildman–Crippen LogP) is 2.43. The van der Waals surface area contributed by atoms with Gasteiger partial charge in [0.15, 0.2) is 5.65 Å². The first-order chi connectivity index (χ1) is 14.9. The number of halogens is 1. The zero-order valence-corrected chi connectivity index (χ0v) is 18.7. The lowest BCUT2D eigenvalue weighted by atomic mass is 9.73. The predicted molar refractivity (Wildman–Crippen MR) is 122 cm³/mol. The van der Waals surface area contributed by atoms with E-state index in [0.717, 1.165) is 53.9 Å². The Hall–Kier alpha value is -2.27. The molecule has 11 heteroatoms. The van der Waals surface area contributed by atoms with E-state index < -0.39 is 0 Å². The highest BCUT2D eigenvalue weighted by Crippen LogP contribution is 2.43. The number of imidazole rings is 1. The van der Waals surface area contributed by atoms with Crippen LogP contribution in [0.5, 0.6) is 0 Å². The molecule has 1 spiro atoms. The highest BCUT2D eigenvalue weighted by molar-refractivity contribution is 7.99. The van der Waals surface area contributed by atoms with Crippen LogP contribution in [0.3, 0.4) is 0 Å². The fourth-order valence-electron chi connectivity index (χ4n) is 4.54. The van der Waals surface area contributed by atoms with Crippen molar-refractivity contribution in [2.75, 3.05) is 36.1 Å². The molecule has 6 N–H and O–H groups in total. The summed E-state index contributed by atoms with van der Waals surface area (Å²) in [5.74, 6) is 1.46. The van der Waals surface area contributed by atoms with Crippen molar-refractivity contribution in [3.8, 4) is 0 Å². The van der Waals surface area contributed by atoms with Gasteiger partial charge in [-0.3, -0.25) is 4.40 Å². The number of piperidine rings is 1. The Balaban J connectivity index is 1.45. The normalized spacial score (nSPS) is 23.1. The molecule has 2 unspecified atom stereocenters. The van der Waals surface area contributed by atoms with Crippen molar-refractivity contribution in [2.24, 2.45) is 11.1 Å². The Bertz CT molecular complexity index is 1130. The molecule has 9 nitrogen and oxygen atoms in total. The van der Waals surface area contributed by atoms with Crippen molar-refractivity contribution in [1.82, 2.24) is 19.4 Å². The van der Waals surface area contributed by atoms with Gasteiger partial charge in [-0.1, -0.05) is 23.4 Å². The van der Waals surface area contributed by atoms with Gasteiger partial charge in [0.05, 0.1) is 22.6 Å². The molecule has 3 aromatic heterocycles. The minimum atomic E-state index is 0.0450. The third kappa shape index (κ3) is 3.38. The summed E-state index contributed by atoms with van der Waals surface area (Å²) in [6, 6.07) is 1.87. The molecule has 0 bridgehead atoms. The number of fused-ring (bicyclic) bond motifs is 1. The van der Waals surface area contributed by atoms with E-state index in [1.165, 1.54) is 11.8 Å². The Morgan fingerprint density at radius 1 is 1.19 bits per heavy atom. The molecule has 0 radical (unpaired) electrons. The lowest BCUT2D eigenvalue weighted by molar-refractivity contribution is 0.0973. The van der Waals surface area contributed by atoms with E-state index in [1.807, 2.05) is 10.6 Å². The average Bonchev–Trinajstić information content (AvgIpc) is 3.35. The molecule has 2 atom stereocenters. The van der Waals surface area contributed by atoms with Crippen LogP contribution in [0.15, 0.2) is 34.4 Å². The number of nitrogens with two attached hydrogens (primary N) is 3. The van der Waals surface area contributed by atoms with Crippen LogP contribution in [-0.4, -0.2) is 51.2 Å². The molecule has 2 saturated heterocycles. The molecule has 5 rings (SSSR count). The van der Waals surface area contributed by atoms with Crippen LogP contribution in [0.2, 0.25) is 5.02 Å². The van der Waals surface area contributed by atoms with Gasteiger partial charge < -0.3 is 26.8 Å². The number of nitrogens with zero attached hydrogens (tertiary/aromatic N) is 5. The van der Waals surface area contributed by atoms with E-state index >= 15 is 0 Å². The van der Waals surface area contributed by atoms with E-state index in [4.69, 9.17) is 38.5 Å². The van der Waals surface area contributed by atoms with Gasteiger partial charge in [-0.05, 0) is 25.8 Å². The molecule has 0 aliphatic carbocycles. The molecule has 3 aromatic rings. The van der Waals surface area contributed by atoms with E-state index in [1.54, 1.807) is 18.5 Å². The van der Waals surface area contributed by atoms with Crippen LogP contribution in [-0.2, 0) is 4.74 Å². The van der Waals surface area contributed by atoms with Crippen LogP contribution in [0, 0.1) is 5.41 Å². The van der Waals surface area contributed by atoms with Crippen molar-refractivity contribution in [1.29, 1.82) is 0 Å². The average molecular weight is 461 g/mol. The first-order valence-electron chi connectivity index (χ1n) is 10.2. The topological polar surface area (TPSA) is 134 Å². The first-order valence-corrected chi connectivity index (χ1v) is 11.4. The van der Waals surface area contributed by atoms with Gasteiger partial charge in [0.25, 0.3) is 0 Å². The van der Waals surface area contributed by atoms with Gasteiger partial charge in [-0.25, -0.2) is 9.97 Å². The molecule has 164 valence electrons. The molecule has 2 fully saturated rings. The number of ether oxygens (including phenoxy) is 1. The molecule has 2 aliphatic rings. The highest BCUT2D eigenvalue weighted by atomic mass is 35.5. The number of rotatable bonds is 3. The zero-order chi connectivity index (χ0) is 21.8. The Labute approximate surface area is 189 Å². The first kappa shape index (κ1) is 20.6. The number of hydrogen-bond donors (Lipinski definition) is 3. The van der Waals surface area contributed by atoms with Crippen molar-refractivity contribution in [2.45, 2.75) is 41.7 Å². The smallest absolute Gasteiger partial charge is 0.213 e. The van der Waals surface area contributed by atoms with Crippen molar-refractivity contribution in [3.63, 3.8) is 0 Å². The molecule has 0 aromatic carbocycles. The molecule has 31 heavy (non-hydrogen) atoms. The Morgan fingerprint density at radius 2 is 1.97 bits per heavy atom. The molecule has 2 aliphatic heterocycles. The van der Waals surface area contributed by atoms with Gasteiger partial charge in [0.1, 0.15) is 11.6 Å². The summed E-state index contributed by atoms with van der Waals surface area (Å²) in [6.45, 7) is 4.46. The summed E-state index contributed by atoms with van der Waals surface area (Å²) >= 11 is 7.72. The Morgan fingerprint density at radius 3 is 2.68 bits per heavy atom. The summed E-state index contributed by atoms with van der Waals surface area (Å²) < 4.78 is 7.82. The summed E-state index contributed by atoms with van der Waals surface area (Å²) in [7, 11) is 0. The van der Waals surface area contributed by atoms with Crippen molar-refractivity contribution < 1.29 is 4.74 Å². The number of hydrogen-bond acceptors (Lipinski definition) is 9. The quantitative estimate of drug-likeness (QED) is 0.538. The van der Waals surface area contributed by atoms with Gasteiger partial charge >= 0.3 is 0 Å². The highest BCUT2D eigenvalue weighted by Gasteiger charge is 2.47. The van der Waals surface area contributed by atoms with Crippen LogP contribution < -0.4 is 22.1 Å². The fraction of sp³-hybridized carbons (Fsp3) is 0.450. The van der Waals surface area contributed by atoms with Gasteiger partial charge in [-0.2, -0.15) is 4.98 Å². The number of nitrogen functional groups attached to an aromatic ring is 2. The summed E-state index contributed by atoms with van der Waals surface area (Å²) in [5.41, 5.74) is 19.5. The maximum Gasteiger partial charge on any atom is 0.213 e. The van der Waals surface area contributed by atoms with Crippen molar-refractivity contribution >= 4 is 46.6 Å². The monoisotopic (exact) mass is 460 g/mol. The van der Waals surface area contributed by atoms with Crippen molar-refractivity contribution in [3.05, 3.63) is 29.7 Å². The molecule has 0 amide bonds. The summed E-state index contributed by atoms with van der Waals surface area (Å²) in [4.78, 5) is 17.0. The standard InChI is InChI=1S/C20H25ClN8OS/c1-11-15(22)20(10-30-11)3-7-28(8-4-20)19-27-17(24)14(18-26-6-9-29(18)19)31-12-2-5-25-16(23)13(12)21/h2,5-6,9,11,15H,3-4,7-8,10,22,24H2,1H3,(H2,23,25). The maximum absolute atomic E-state index is 6.46. The van der Waals surface area contributed by atoms with Crippen LogP contribution >= 0.6 is 23.4 Å². The lowest BCUT2D eigenvalue weighted by Crippen LogP contribution is -2.51. The molecular weight excluding hydrogens is 436 g/mol. The van der Waals surface area contributed by atoms with E-state index in [0.29, 0.717) is 10.8 Å². The van der Waals surface area contributed by atoms with Crippen LogP contribution in [0.4, 0.5) is 17.6 Å². The minimum Gasteiger partial charge on any atom is -0.383 e. The van der Waals surface area contributed by atoms with Gasteiger partial charge in [0.2, 0.25) is 5.95 Å². The summed E-state index contributed by atoms with van der Waals surface area (Å²) in [5, 5.41) is 0.395. The van der Waals surface area contributed by atoms with Crippen LogP contribution in [0.1, 0.15) is 19.8 Å². The third-order valence-corrected chi connectivity index (χ3v) is 8.16. The number of pyridine rings is 1. The van der Waals surface area contributed by atoms with E-state index in [-0.39, 0.29) is 23.4 Å². The summed E-state index contributed by atoms with van der Waals surface area (Å²) in [6.07, 6.45) is 7.29. The van der Waals surface area contributed by atoms with Crippen LogP contribution in [0.25, 0.3) is 5.65 Å². The largest absolute Gasteiger partial charge is 0.383 e. The Kier molecular flexibility index (Phi) is 5.12. The number of anilines is 3. The second kappa shape index (κ2) is 7.70. The number of aromatic nitrogens is 4. The van der Waals surface area contributed by atoms with Gasteiger partial charge in [0, 0.05) is 48.0 Å². The SMILES string of the molecule is CC1OCC2(CCN(c3nc(N)c(Sc4ccnc(N)c4Cl)c4nccn34)CC2)C1N. The second-order valence-electron chi connectivity index (χ2n) is 8.25. The minimum absolute atomic E-state index is 0.0450. The third-order valence-electron chi connectivity index (χ3n) is 6.49. The molecule has 0 saturated carbocycles. The maximum atomic E-state index is 6.46. The van der Waals surface area contributed by atoms with E-state index in [9.17, 15) is 0 Å².